The SMILES string of the molecule is CCOCC(=O)O[C@H](C)C(=O)c1ccc(NS(C)(=O)=O)cc1. The Bertz CT molecular complexity index is 623. The summed E-state index contributed by atoms with van der Waals surface area (Å²) in [6, 6.07) is 5.84. The monoisotopic (exact) mass is 329 g/mol. The van der Waals surface area contributed by atoms with Crippen LogP contribution in [-0.4, -0.2) is 45.7 Å². The second kappa shape index (κ2) is 7.90. The van der Waals surface area contributed by atoms with E-state index in [1.807, 2.05) is 0 Å². The van der Waals surface area contributed by atoms with E-state index in [-0.39, 0.29) is 12.4 Å². The van der Waals surface area contributed by atoms with E-state index >= 15 is 0 Å². The molecule has 0 amide bonds. The van der Waals surface area contributed by atoms with Crippen molar-refractivity contribution in [1.82, 2.24) is 0 Å². The number of anilines is 1. The summed E-state index contributed by atoms with van der Waals surface area (Å²) in [5.74, 6) is -0.992. The van der Waals surface area contributed by atoms with E-state index in [4.69, 9.17) is 9.47 Å². The average molecular weight is 329 g/mol. The largest absolute Gasteiger partial charge is 0.453 e. The molecule has 0 heterocycles. The van der Waals surface area contributed by atoms with Gasteiger partial charge >= 0.3 is 5.97 Å². The summed E-state index contributed by atoms with van der Waals surface area (Å²) < 4.78 is 34.3. The first-order chi connectivity index (χ1) is 10.2. The Kier molecular flexibility index (Phi) is 6.51. The van der Waals surface area contributed by atoms with Crippen molar-refractivity contribution in [3.05, 3.63) is 29.8 Å². The molecule has 0 aromatic heterocycles. The van der Waals surface area contributed by atoms with Crippen molar-refractivity contribution in [2.45, 2.75) is 20.0 Å². The molecule has 0 unspecified atom stereocenters. The number of ether oxygens (including phenoxy) is 2. The molecule has 0 saturated heterocycles. The zero-order valence-electron chi connectivity index (χ0n) is 12.7. The van der Waals surface area contributed by atoms with Gasteiger partial charge in [-0.1, -0.05) is 0 Å². The van der Waals surface area contributed by atoms with Gasteiger partial charge in [-0.3, -0.25) is 9.52 Å². The molecule has 22 heavy (non-hydrogen) atoms. The summed E-state index contributed by atoms with van der Waals surface area (Å²) in [7, 11) is -3.37. The van der Waals surface area contributed by atoms with Crippen LogP contribution in [0.1, 0.15) is 24.2 Å². The Hall–Kier alpha value is -1.93. The number of carbonyl (C=O) groups is 2. The molecule has 0 radical (unpaired) electrons. The number of ketones is 1. The van der Waals surface area contributed by atoms with E-state index in [0.717, 1.165) is 6.26 Å². The van der Waals surface area contributed by atoms with Crippen molar-refractivity contribution in [2.24, 2.45) is 0 Å². The Morgan fingerprint density at radius 3 is 2.32 bits per heavy atom. The molecular weight excluding hydrogens is 310 g/mol. The van der Waals surface area contributed by atoms with E-state index in [1.165, 1.54) is 31.2 Å². The normalized spacial score (nSPS) is 12.5. The maximum absolute atomic E-state index is 12.1. The highest BCUT2D eigenvalue weighted by Gasteiger charge is 2.19. The Labute approximate surface area is 129 Å². The molecule has 122 valence electrons. The summed E-state index contributed by atoms with van der Waals surface area (Å²) in [4.78, 5) is 23.5. The number of carbonyl (C=O) groups excluding carboxylic acids is 2. The Balaban J connectivity index is 2.67. The number of benzene rings is 1. The lowest BCUT2D eigenvalue weighted by Crippen LogP contribution is -2.26. The van der Waals surface area contributed by atoms with Gasteiger partial charge in [-0.15, -0.1) is 0 Å². The number of esters is 1. The maximum atomic E-state index is 12.1. The summed E-state index contributed by atoms with van der Waals surface area (Å²) >= 11 is 0. The first-order valence-corrected chi connectivity index (χ1v) is 8.51. The van der Waals surface area contributed by atoms with Gasteiger partial charge in [-0.05, 0) is 38.1 Å². The molecule has 0 aliphatic rings. The predicted molar refractivity (Wildman–Crippen MR) is 81.3 cm³/mol. The van der Waals surface area contributed by atoms with Crippen LogP contribution in [0.4, 0.5) is 5.69 Å². The molecule has 0 aliphatic heterocycles. The minimum absolute atomic E-state index is 0.203. The van der Waals surface area contributed by atoms with Crippen LogP contribution < -0.4 is 4.72 Å². The van der Waals surface area contributed by atoms with Crippen LogP contribution in [0.25, 0.3) is 0 Å². The summed E-state index contributed by atoms with van der Waals surface area (Å²) in [5.41, 5.74) is 0.663. The lowest BCUT2D eigenvalue weighted by Gasteiger charge is -2.12. The van der Waals surface area contributed by atoms with Crippen LogP contribution in [-0.2, 0) is 24.3 Å². The number of hydrogen-bond donors (Lipinski definition) is 1. The van der Waals surface area contributed by atoms with Gasteiger partial charge in [-0.25, -0.2) is 13.2 Å². The molecule has 1 aromatic carbocycles. The van der Waals surface area contributed by atoms with E-state index in [1.54, 1.807) is 6.92 Å². The quantitative estimate of drug-likeness (QED) is 0.568. The van der Waals surface area contributed by atoms with Crippen LogP contribution in [0.3, 0.4) is 0 Å². The van der Waals surface area contributed by atoms with Crippen molar-refractivity contribution in [3.8, 4) is 0 Å². The highest BCUT2D eigenvalue weighted by atomic mass is 32.2. The molecule has 0 aliphatic carbocycles. The van der Waals surface area contributed by atoms with E-state index in [2.05, 4.69) is 4.72 Å². The molecule has 7 nitrogen and oxygen atoms in total. The number of nitrogens with one attached hydrogen (secondary N) is 1. The smallest absolute Gasteiger partial charge is 0.332 e. The van der Waals surface area contributed by atoms with Gasteiger partial charge in [0.2, 0.25) is 15.8 Å². The molecule has 0 spiro atoms. The lowest BCUT2D eigenvalue weighted by molar-refractivity contribution is -0.151. The highest BCUT2D eigenvalue weighted by molar-refractivity contribution is 7.92. The molecule has 0 fully saturated rings. The second-order valence-corrected chi connectivity index (χ2v) is 6.33. The third-order valence-corrected chi connectivity index (χ3v) is 3.18. The third kappa shape index (κ3) is 6.23. The third-order valence-electron chi connectivity index (χ3n) is 2.57. The average Bonchev–Trinajstić information content (AvgIpc) is 2.43. The van der Waals surface area contributed by atoms with Crippen LogP contribution in [0.5, 0.6) is 0 Å². The maximum Gasteiger partial charge on any atom is 0.332 e. The molecule has 0 bridgehead atoms. The number of rotatable bonds is 8. The predicted octanol–water partition coefficient (Wildman–Crippen LogP) is 1.21. The number of Topliss-reactive ketones (excluding diaryl/α,β-unsaturated/α-hetero) is 1. The Morgan fingerprint density at radius 2 is 1.82 bits per heavy atom. The molecule has 1 atom stereocenters. The molecule has 1 rings (SSSR count). The van der Waals surface area contributed by atoms with Crippen LogP contribution in [0.15, 0.2) is 24.3 Å². The van der Waals surface area contributed by atoms with Gasteiger partial charge in [-0.2, -0.15) is 0 Å². The first-order valence-electron chi connectivity index (χ1n) is 6.62. The van der Waals surface area contributed by atoms with E-state index in [9.17, 15) is 18.0 Å². The minimum atomic E-state index is -3.37. The van der Waals surface area contributed by atoms with Crippen LogP contribution >= 0.6 is 0 Å². The van der Waals surface area contributed by atoms with Crippen molar-refractivity contribution in [1.29, 1.82) is 0 Å². The van der Waals surface area contributed by atoms with Gasteiger partial charge in [0, 0.05) is 17.9 Å². The lowest BCUT2D eigenvalue weighted by atomic mass is 10.1. The zero-order chi connectivity index (χ0) is 16.8. The second-order valence-electron chi connectivity index (χ2n) is 4.59. The van der Waals surface area contributed by atoms with Gasteiger partial charge in [0.05, 0.1) is 6.26 Å². The first kappa shape index (κ1) is 18.1. The van der Waals surface area contributed by atoms with Crippen LogP contribution in [0.2, 0.25) is 0 Å². The highest BCUT2D eigenvalue weighted by Crippen LogP contribution is 2.13. The zero-order valence-corrected chi connectivity index (χ0v) is 13.5. The summed E-state index contributed by atoms with van der Waals surface area (Å²) in [6.45, 7) is 3.39. The summed E-state index contributed by atoms with van der Waals surface area (Å²) in [5, 5.41) is 0. The molecular formula is C14H19NO6S. The van der Waals surface area contributed by atoms with Crippen molar-refractivity contribution in [3.63, 3.8) is 0 Å². The minimum Gasteiger partial charge on any atom is -0.453 e. The number of sulfonamides is 1. The number of hydrogen-bond acceptors (Lipinski definition) is 6. The topological polar surface area (TPSA) is 98.8 Å². The van der Waals surface area contributed by atoms with Gasteiger partial charge in [0.25, 0.3) is 0 Å². The molecule has 8 heteroatoms. The Morgan fingerprint density at radius 1 is 1.23 bits per heavy atom. The van der Waals surface area contributed by atoms with Crippen molar-refractivity contribution < 1.29 is 27.5 Å². The molecule has 1 aromatic rings. The van der Waals surface area contributed by atoms with Crippen molar-refractivity contribution in [2.75, 3.05) is 24.2 Å². The van der Waals surface area contributed by atoms with E-state index in [0.29, 0.717) is 17.9 Å². The van der Waals surface area contributed by atoms with E-state index < -0.39 is 22.1 Å². The standard InChI is InChI=1S/C14H19NO6S/c1-4-20-9-13(16)21-10(2)14(17)11-5-7-12(8-6-11)15-22(3,18)19/h5-8,10,15H,4,9H2,1-3H3/t10-/m1/s1. The van der Waals surface area contributed by atoms with Gasteiger partial charge in [0.15, 0.2) is 6.10 Å². The van der Waals surface area contributed by atoms with Crippen LogP contribution in [0, 0.1) is 0 Å². The molecule has 0 saturated carbocycles. The molecule has 1 N–H and O–H groups in total. The van der Waals surface area contributed by atoms with Crippen molar-refractivity contribution >= 4 is 27.5 Å². The van der Waals surface area contributed by atoms with Gasteiger partial charge in [0.1, 0.15) is 6.61 Å². The fourth-order valence-corrected chi connectivity index (χ4v) is 2.19. The summed E-state index contributed by atoms with van der Waals surface area (Å²) in [6.07, 6.45) is 0.0908. The van der Waals surface area contributed by atoms with Gasteiger partial charge < -0.3 is 9.47 Å². The fourth-order valence-electron chi connectivity index (χ4n) is 1.62. The fraction of sp³-hybridized carbons (Fsp3) is 0.429.